The number of rotatable bonds is 7. The average molecular weight is 581 g/mol. The van der Waals surface area contributed by atoms with Gasteiger partial charge in [0.25, 0.3) is 5.91 Å². The zero-order valence-electron chi connectivity index (χ0n) is 22.5. The summed E-state index contributed by atoms with van der Waals surface area (Å²) < 4.78 is 0. The second-order valence-electron chi connectivity index (χ2n) is 10.7. The number of amides is 2. The number of nitrogens with one attached hydrogen (secondary N) is 2. The number of carbonyl (C=O) groups is 2. The van der Waals surface area contributed by atoms with Crippen LogP contribution in [0.5, 0.6) is 0 Å². The zero-order chi connectivity index (χ0) is 28.3. The first-order valence-electron chi connectivity index (χ1n) is 12.7. The van der Waals surface area contributed by atoms with Crippen molar-refractivity contribution in [2.75, 3.05) is 5.32 Å². The minimum atomic E-state index is -0.767. The highest BCUT2D eigenvalue weighted by molar-refractivity contribution is 7.19. The zero-order valence-corrected chi connectivity index (χ0v) is 24.8. The summed E-state index contributed by atoms with van der Waals surface area (Å²) >= 11 is 14.3. The first-order valence-corrected chi connectivity index (χ1v) is 14.3. The number of carbonyl (C=O) groups excluding carboxylic acids is 2. The van der Waals surface area contributed by atoms with Gasteiger partial charge in [-0.05, 0) is 41.2 Å². The number of benzene rings is 3. The number of thiazole rings is 1. The molecule has 1 aromatic heterocycles. The Hall–Kier alpha value is -3.19. The minimum absolute atomic E-state index is 0.0191. The van der Waals surface area contributed by atoms with Crippen molar-refractivity contribution in [2.45, 2.75) is 46.1 Å². The lowest BCUT2D eigenvalue weighted by Gasteiger charge is -2.22. The molecule has 0 aliphatic rings. The fourth-order valence-corrected chi connectivity index (χ4v) is 5.64. The third-order valence-electron chi connectivity index (χ3n) is 6.35. The first-order chi connectivity index (χ1) is 18.5. The van der Waals surface area contributed by atoms with Gasteiger partial charge >= 0.3 is 0 Å². The van der Waals surface area contributed by atoms with Crippen LogP contribution in [0.1, 0.15) is 50.5 Å². The summed E-state index contributed by atoms with van der Waals surface area (Å²) in [6.07, 6.45) is 0. The van der Waals surface area contributed by atoms with Gasteiger partial charge in [-0.3, -0.25) is 9.59 Å². The standard InChI is InChI=1S/C31H31Cl2N3O2S/c1-18(2)25(34-28(37)19-14-16-20(17-15-19)31(3,4)5)29(38)36-30-35-26(21-10-6-8-12-23(21)32)27(39-30)22-11-7-9-13-24(22)33/h6-18,25H,1-5H3,(H,34,37)(H,35,36,38)/t25-/m0/s1. The van der Waals surface area contributed by atoms with Crippen LogP contribution in [0.3, 0.4) is 0 Å². The Morgan fingerprint density at radius 1 is 0.846 bits per heavy atom. The Bertz CT molecular complexity index is 1430. The van der Waals surface area contributed by atoms with Gasteiger partial charge in [0.2, 0.25) is 5.91 Å². The molecule has 2 N–H and O–H groups in total. The van der Waals surface area contributed by atoms with Gasteiger partial charge in [-0.25, -0.2) is 4.98 Å². The topological polar surface area (TPSA) is 71.1 Å². The Morgan fingerprint density at radius 2 is 1.41 bits per heavy atom. The van der Waals surface area contributed by atoms with Crippen LogP contribution in [0.15, 0.2) is 72.8 Å². The predicted molar refractivity (Wildman–Crippen MR) is 163 cm³/mol. The summed E-state index contributed by atoms with van der Waals surface area (Å²) in [6.45, 7) is 10.1. The van der Waals surface area contributed by atoms with Crippen molar-refractivity contribution in [3.8, 4) is 21.7 Å². The fourth-order valence-electron chi connectivity index (χ4n) is 4.10. The lowest BCUT2D eigenvalue weighted by molar-refractivity contribution is -0.118. The van der Waals surface area contributed by atoms with E-state index >= 15 is 0 Å². The SMILES string of the molecule is CC(C)[C@H](NC(=O)c1ccc(C(C)(C)C)cc1)C(=O)Nc1nc(-c2ccccc2Cl)c(-c2ccccc2Cl)s1. The molecule has 2 amide bonds. The quantitative estimate of drug-likeness (QED) is 0.230. The van der Waals surface area contributed by atoms with E-state index in [2.05, 4.69) is 31.4 Å². The number of hydrogen-bond acceptors (Lipinski definition) is 4. The highest BCUT2D eigenvalue weighted by Crippen LogP contribution is 2.43. The second kappa shape index (κ2) is 11.9. The summed E-state index contributed by atoms with van der Waals surface area (Å²) in [5, 5.41) is 7.31. The predicted octanol–water partition coefficient (Wildman–Crippen LogP) is 8.47. The molecule has 0 aliphatic heterocycles. The van der Waals surface area contributed by atoms with Gasteiger partial charge in [0, 0.05) is 21.7 Å². The van der Waals surface area contributed by atoms with Crippen molar-refractivity contribution in [2.24, 2.45) is 5.92 Å². The summed E-state index contributed by atoms with van der Waals surface area (Å²) in [5.41, 5.74) is 3.76. The number of aromatic nitrogens is 1. The van der Waals surface area contributed by atoms with Gasteiger partial charge in [0.15, 0.2) is 5.13 Å². The molecule has 1 heterocycles. The maximum Gasteiger partial charge on any atom is 0.251 e. The minimum Gasteiger partial charge on any atom is -0.340 e. The van der Waals surface area contributed by atoms with E-state index in [0.717, 1.165) is 21.6 Å². The molecule has 8 heteroatoms. The van der Waals surface area contributed by atoms with Crippen molar-refractivity contribution < 1.29 is 9.59 Å². The first kappa shape index (κ1) is 28.8. The molecule has 0 fully saturated rings. The van der Waals surface area contributed by atoms with Crippen molar-refractivity contribution in [3.63, 3.8) is 0 Å². The second-order valence-corrected chi connectivity index (χ2v) is 12.5. The monoisotopic (exact) mass is 579 g/mol. The average Bonchev–Trinajstić information content (AvgIpc) is 3.30. The molecule has 0 bridgehead atoms. The summed E-state index contributed by atoms with van der Waals surface area (Å²) in [7, 11) is 0. The van der Waals surface area contributed by atoms with Crippen molar-refractivity contribution in [1.29, 1.82) is 0 Å². The van der Waals surface area contributed by atoms with Gasteiger partial charge in [0.1, 0.15) is 6.04 Å². The smallest absolute Gasteiger partial charge is 0.251 e. The van der Waals surface area contributed by atoms with Crippen molar-refractivity contribution in [1.82, 2.24) is 10.3 Å². The third kappa shape index (κ3) is 6.70. The lowest BCUT2D eigenvalue weighted by atomic mass is 9.86. The maximum atomic E-state index is 13.4. The fraction of sp³-hybridized carbons (Fsp3) is 0.258. The van der Waals surface area contributed by atoms with E-state index in [1.54, 1.807) is 18.2 Å². The van der Waals surface area contributed by atoms with Crippen LogP contribution in [-0.2, 0) is 10.2 Å². The molecular weight excluding hydrogens is 549 g/mol. The van der Waals surface area contributed by atoms with E-state index in [4.69, 9.17) is 28.2 Å². The van der Waals surface area contributed by atoms with E-state index in [0.29, 0.717) is 26.4 Å². The van der Waals surface area contributed by atoms with E-state index in [9.17, 15) is 9.59 Å². The molecule has 0 radical (unpaired) electrons. The molecule has 1 atom stereocenters. The molecule has 4 rings (SSSR count). The molecule has 0 aliphatic carbocycles. The maximum absolute atomic E-state index is 13.4. The van der Waals surface area contributed by atoms with Crippen molar-refractivity contribution in [3.05, 3.63) is 94.0 Å². The van der Waals surface area contributed by atoms with E-state index in [-0.39, 0.29) is 23.1 Å². The van der Waals surface area contributed by atoms with Gasteiger partial charge in [-0.15, -0.1) is 0 Å². The van der Waals surface area contributed by atoms with Gasteiger partial charge in [-0.1, -0.05) is 118 Å². The molecule has 4 aromatic rings. The molecule has 202 valence electrons. The Balaban J connectivity index is 1.61. The molecule has 5 nitrogen and oxygen atoms in total. The third-order valence-corrected chi connectivity index (χ3v) is 8.02. The van der Waals surface area contributed by atoms with Crippen molar-refractivity contribution >= 4 is 51.5 Å². The van der Waals surface area contributed by atoms with E-state index in [1.807, 2.05) is 68.4 Å². The molecule has 39 heavy (non-hydrogen) atoms. The summed E-state index contributed by atoms with van der Waals surface area (Å²) in [5.74, 6) is -0.819. The van der Waals surface area contributed by atoms with Crippen LogP contribution in [0, 0.1) is 5.92 Å². The molecule has 0 saturated carbocycles. The van der Waals surface area contributed by atoms with Crippen LogP contribution in [0.4, 0.5) is 5.13 Å². The molecule has 0 unspecified atom stereocenters. The van der Waals surface area contributed by atoms with Crippen LogP contribution < -0.4 is 10.6 Å². The Morgan fingerprint density at radius 3 is 1.95 bits per heavy atom. The van der Waals surface area contributed by atoms with Gasteiger partial charge < -0.3 is 10.6 Å². The largest absolute Gasteiger partial charge is 0.340 e. The molecule has 0 saturated heterocycles. The van der Waals surface area contributed by atoms with Crippen LogP contribution in [-0.4, -0.2) is 22.8 Å². The molecular formula is C31H31Cl2N3O2S. The summed E-state index contributed by atoms with van der Waals surface area (Å²) in [6, 6.07) is 21.6. The number of halogens is 2. The van der Waals surface area contributed by atoms with Gasteiger partial charge in [0.05, 0.1) is 15.6 Å². The van der Waals surface area contributed by atoms with Crippen LogP contribution in [0.2, 0.25) is 10.0 Å². The Labute approximate surface area is 243 Å². The molecule has 3 aromatic carbocycles. The highest BCUT2D eigenvalue weighted by atomic mass is 35.5. The number of anilines is 1. The molecule has 0 spiro atoms. The normalized spacial score (nSPS) is 12.3. The van der Waals surface area contributed by atoms with Crippen LogP contribution >= 0.6 is 34.5 Å². The Kier molecular flexibility index (Phi) is 8.80. The van der Waals surface area contributed by atoms with Gasteiger partial charge in [-0.2, -0.15) is 0 Å². The number of hydrogen-bond donors (Lipinski definition) is 2. The highest BCUT2D eigenvalue weighted by Gasteiger charge is 2.27. The van der Waals surface area contributed by atoms with E-state index < -0.39 is 6.04 Å². The number of nitrogens with zero attached hydrogens (tertiary/aromatic N) is 1. The lowest BCUT2D eigenvalue weighted by Crippen LogP contribution is -2.47. The summed E-state index contributed by atoms with van der Waals surface area (Å²) in [4.78, 5) is 32.0. The van der Waals surface area contributed by atoms with Crippen LogP contribution in [0.25, 0.3) is 21.7 Å². The van der Waals surface area contributed by atoms with E-state index in [1.165, 1.54) is 11.3 Å².